The van der Waals surface area contributed by atoms with Crippen molar-refractivity contribution >= 4 is 17.3 Å². The third-order valence-electron chi connectivity index (χ3n) is 5.72. The molecule has 0 aliphatic heterocycles. The van der Waals surface area contributed by atoms with E-state index in [0.717, 1.165) is 62.0 Å². The molecule has 1 aliphatic carbocycles. The van der Waals surface area contributed by atoms with Crippen molar-refractivity contribution in [3.63, 3.8) is 0 Å². The molecule has 1 aliphatic rings. The van der Waals surface area contributed by atoms with E-state index in [9.17, 15) is 14.4 Å². The van der Waals surface area contributed by atoms with Gasteiger partial charge in [-0.05, 0) is 69.4 Å². The molecule has 0 heterocycles. The number of hydrogen-bond donors (Lipinski definition) is 0. The molecule has 0 bridgehead atoms. The summed E-state index contributed by atoms with van der Waals surface area (Å²) < 4.78 is 0. The van der Waals surface area contributed by atoms with Gasteiger partial charge in [-0.25, -0.2) is 0 Å². The van der Waals surface area contributed by atoms with E-state index in [1.165, 1.54) is 24.8 Å². The molecule has 3 heteroatoms. The van der Waals surface area contributed by atoms with Crippen LogP contribution in [0.3, 0.4) is 0 Å². The van der Waals surface area contributed by atoms with Gasteiger partial charge in [0.1, 0.15) is 11.6 Å². The van der Waals surface area contributed by atoms with E-state index in [1.54, 1.807) is 20.8 Å². The average Bonchev–Trinajstić information content (AvgIpc) is 3.99. The van der Waals surface area contributed by atoms with E-state index >= 15 is 0 Å². The Morgan fingerprint density at radius 3 is 1.22 bits per heavy atom. The number of rotatable bonds is 11. The fourth-order valence-corrected chi connectivity index (χ4v) is 3.55. The Balaban J connectivity index is -0.0000000608. The fourth-order valence-electron chi connectivity index (χ4n) is 3.55. The van der Waals surface area contributed by atoms with Gasteiger partial charge in [0, 0.05) is 12.3 Å². The molecule has 0 saturated heterocycles. The molecule has 51 heavy (non-hydrogen) atoms. The highest BCUT2D eigenvalue weighted by Gasteiger charge is 2.19. The topological polar surface area (TPSA) is 51.2 Å². The lowest BCUT2D eigenvalue weighted by Crippen LogP contribution is -2.08. The zero-order valence-electron chi connectivity index (χ0n) is 39.9. The molecular formula is C48H100O3. The molecule has 0 radical (unpaired) electrons. The number of hydrogen-bond acceptors (Lipinski definition) is 3. The molecule has 0 N–H and O–H groups in total. The van der Waals surface area contributed by atoms with Crippen LogP contribution in [0.2, 0.25) is 0 Å². The van der Waals surface area contributed by atoms with Gasteiger partial charge in [-0.1, -0.05) is 213 Å². The predicted octanol–water partition coefficient (Wildman–Crippen LogP) is 17.3. The fraction of sp³-hybridized carbons (Fsp3) is 0.771. The van der Waals surface area contributed by atoms with Crippen LogP contribution >= 0.6 is 0 Å². The quantitative estimate of drug-likeness (QED) is 0.214. The molecule has 310 valence electrons. The van der Waals surface area contributed by atoms with Crippen molar-refractivity contribution in [2.45, 2.75) is 236 Å². The summed E-state index contributed by atoms with van der Waals surface area (Å²) >= 11 is 0. The van der Waals surface area contributed by atoms with Crippen molar-refractivity contribution in [3.05, 3.63) is 47.0 Å². The number of carbonyl (C=O) groups excluding carboxylic acids is 3. The van der Waals surface area contributed by atoms with E-state index < -0.39 is 0 Å². The van der Waals surface area contributed by atoms with E-state index in [2.05, 4.69) is 62.3 Å². The maximum atomic E-state index is 11.5. The van der Waals surface area contributed by atoms with Gasteiger partial charge in [0.25, 0.3) is 0 Å². The highest BCUT2D eigenvalue weighted by molar-refractivity contribution is 5.94. The van der Waals surface area contributed by atoms with Crippen molar-refractivity contribution in [1.29, 1.82) is 0 Å². The van der Waals surface area contributed by atoms with Crippen LogP contribution in [0.15, 0.2) is 41.5 Å². The second kappa shape index (κ2) is 66.2. The van der Waals surface area contributed by atoms with Gasteiger partial charge < -0.3 is 4.79 Å². The molecule has 3 nitrogen and oxygen atoms in total. The van der Waals surface area contributed by atoms with Crippen LogP contribution in [-0.2, 0) is 14.4 Å². The summed E-state index contributed by atoms with van der Waals surface area (Å²) in [6.45, 7) is 48.2. The molecule has 1 aromatic rings. The van der Waals surface area contributed by atoms with Gasteiger partial charge in [-0.2, -0.15) is 0 Å². The zero-order valence-corrected chi connectivity index (χ0v) is 39.9. The largest absolute Gasteiger partial charge is 0.300 e. The zero-order chi connectivity index (χ0) is 42.8. The molecule has 2 atom stereocenters. The van der Waals surface area contributed by atoms with Crippen LogP contribution in [0.5, 0.6) is 0 Å². The Morgan fingerprint density at radius 1 is 0.627 bits per heavy atom. The van der Waals surface area contributed by atoms with Crippen molar-refractivity contribution in [2.75, 3.05) is 0 Å². The Hall–Kier alpha value is -2.03. The lowest BCUT2D eigenvalue weighted by molar-refractivity contribution is -0.119. The molecule has 1 fully saturated rings. The summed E-state index contributed by atoms with van der Waals surface area (Å²) in [6.07, 6.45) is 10.8. The maximum Gasteiger partial charge on any atom is 0.155 e. The molecule has 0 spiro atoms. The molecule has 1 aromatic carbocycles. The summed E-state index contributed by atoms with van der Waals surface area (Å²) in [5.41, 5.74) is 3.69. The van der Waals surface area contributed by atoms with Crippen LogP contribution < -0.4 is 0 Å². The summed E-state index contributed by atoms with van der Waals surface area (Å²) in [5, 5.41) is 0. The first kappa shape index (κ1) is 70.5. The van der Waals surface area contributed by atoms with Crippen LogP contribution in [0.4, 0.5) is 0 Å². The third kappa shape index (κ3) is 70.3. The van der Waals surface area contributed by atoms with Crippen LogP contribution in [0.25, 0.3) is 0 Å². The monoisotopic (exact) mass is 725 g/mol. The smallest absolute Gasteiger partial charge is 0.155 e. The Morgan fingerprint density at radius 2 is 1.00 bits per heavy atom. The molecular weight excluding hydrogens is 625 g/mol. The molecule has 0 amide bonds. The van der Waals surface area contributed by atoms with Crippen molar-refractivity contribution < 1.29 is 14.4 Å². The van der Waals surface area contributed by atoms with E-state index in [-0.39, 0.29) is 17.5 Å². The lowest BCUT2D eigenvalue weighted by atomic mass is 9.90. The number of carbonyl (C=O) groups is 3. The van der Waals surface area contributed by atoms with E-state index in [4.69, 9.17) is 0 Å². The van der Waals surface area contributed by atoms with E-state index in [0.29, 0.717) is 11.7 Å². The number of allylic oxidation sites excluding steroid dienone is 2. The highest BCUT2D eigenvalue weighted by Crippen LogP contribution is 2.33. The lowest BCUT2D eigenvalue weighted by Gasteiger charge is -2.13. The van der Waals surface area contributed by atoms with Crippen molar-refractivity contribution in [2.24, 2.45) is 11.8 Å². The van der Waals surface area contributed by atoms with Crippen molar-refractivity contribution in [1.82, 2.24) is 0 Å². The minimum absolute atomic E-state index is 0.108. The Kier molecular flexibility index (Phi) is 91.6. The second-order valence-corrected chi connectivity index (χ2v) is 11.5. The normalized spacial score (nSPS) is 10.3. The minimum Gasteiger partial charge on any atom is -0.300 e. The summed E-state index contributed by atoms with van der Waals surface area (Å²) in [5.74, 6) is 2.39. The maximum absolute atomic E-state index is 11.5. The second-order valence-electron chi connectivity index (χ2n) is 11.5. The number of Topliss-reactive ketones (excluding diaryl/α,β-unsaturated/α-hetero) is 3. The van der Waals surface area contributed by atoms with Gasteiger partial charge >= 0.3 is 0 Å². The van der Waals surface area contributed by atoms with Crippen LogP contribution in [-0.4, -0.2) is 17.3 Å². The molecule has 1 saturated carbocycles. The number of ketones is 3. The number of unbranched alkanes of at least 4 members (excludes halogenated alkanes) is 1. The average molecular weight is 725 g/mol. The van der Waals surface area contributed by atoms with E-state index in [1.807, 2.05) is 113 Å². The minimum atomic E-state index is 0.108. The molecule has 1 unspecified atom stereocenters. The standard InChI is InChI=1S/C13H18O.C9H14O.C7H14O.C4H10.C3H8.6C2H6/c1-3-4-10-13(11(2)14)12-8-6-5-7-9-12;1-3-4-9(7(2)10)8-5-6-8;1-4-6(2)5-7(3)8;1-4(2)3;1-3-2;6*1-2/h5-9,13H,3-4,10H2,1-2H3;3-6H2,1-2H3;6H,4-5H2,1-3H3;4H,1-3H3;3H2,1-2H3;6*1-2H3/t13-;;;;;;;;;;/m1........../s1. The summed E-state index contributed by atoms with van der Waals surface area (Å²) in [6, 6.07) is 10.1. The van der Waals surface area contributed by atoms with Crippen LogP contribution in [0, 0.1) is 11.8 Å². The SMILES string of the molecule is CC.CC.CC.CC.CC.CC.CC(C)C.CCC.CCC(C)CC(C)=O.CCCC(C(C)=O)=C1CC1.CCCC[C@H](C(C)=O)c1ccccc1. The predicted molar refractivity (Wildman–Crippen MR) is 241 cm³/mol. The highest BCUT2D eigenvalue weighted by atomic mass is 16.1. The first-order chi connectivity index (χ1) is 24.3. The summed E-state index contributed by atoms with van der Waals surface area (Å²) in [4.78, 5) is 32.8. The molecule has 0 aromatic heterocycles. The third-order valence-corrected chi connectivity index (χ3v) is 5.72. The summed E-state index contributed by atoms with van der Waals surface area (Å²) in [7, 11) is 0. The van der Waals surface area contributed by atoms with Gasteiger partial charge in [0.05, 0.1) is 0 Å². The van der Waals surface area contributed by atoms with Gasteiger partial charge in [0.2, 0.25) is 0 Å². The Labute approximate surface area is 326 Å². The first-order valence-corrected chi connectivity index (χ1v) is 21.6. The van der Waals surface area contributed by atoms with Gasteiger partial charge in [-0.3, -0.25) is 9.59 Å². The van der Waals surface area contributed by atoms with Gasteiger partial charge in [0.15, 0.2) is 5.78 Å². The van der Waals surface area contributed by atoms with Gasteiger partial charge in [-0.15, -0.1) is 0 Å². The first-order valence-electron chi connectivity index (χ1n) is 21.6. The van der Waals surface area contributed by atoms with Crippen LogP contribution in [0.1, 0.15) is 242 Å². The Bertz CT molecular complexity index is 766. The van der Waals surface area contributed by atoms with Crippen molar-refractivity contribution in [3.8, 4) is 0 Å². The molecule has 2 rings (SSSR count). The number of benzene rings is 1.